The Morgan fingerprint density at radius 3 is 2.67 bits per heavy atom. The van der Waals surface area contributed by atoms with Crippen molar-refractivity contribution in [1.82, 2.24) is 19.3 Å². The van der Waals surface area contributed by atoms with E-state index < -0.39 is 0 Å². The third-order valence-electron chi connectivity index (χ3n) is 3.83. The van der Waals surface area contributed by atoms with Gasteiger partial charge in [0.25, 0.3) is 0 Å². The zero-order valence-electron chi connectivity index (χ0n) is 11.8. The molecule has 0 atom stereocenters. The van der Waals surface area contributed by atoms with E-state index in [-0.39, 0.29) is 0 Å². The van der Waals surface area contributed by atoms with E-state index in [9.17, 15) is 0 Å². The molecule has 0 spiro atoms. The van der Waals surface area contributed by atoms with Gasteiger partial charge in [-0.15, -0.1) is 0 Å². The van der Waals surface area contributed by atoms with Gasteiger partial charge in [0.15, 0.2) is 10.4 Å². The average molecular weight is 294 g/mol. The normalized spacial score (nSPS) is 11.5. The van der Waals surface area contributed by atoms with E-state index in [0.29, 0.717) is 4.77 Å². The van der Waals surface area contributed by atoms with Gasteiger partial charge in [0.1, 0.15) is 5.52 Å². The predicted octanol–water partition coefficient (Wildman–Crippen LogP) is 3.88. The van der Waals surface area contributed by atoms with E-state index in [1.165, 1.54) is 10.8 Å². The lowest BCUT2D eigenvalue weighted by Gasteiger charge is -2.06. The highest BCUT2D eigenvalue weighted by atomic mass is 32.1. The molecule has 0 saturated carbocycles. The smallest absolute Gasteiger partial charge is 0.184 e. The zero-order chi connectivity index (χ0) is 14.6. The molecule has 2 aromatic heterocycles. The standard InChI is InChI=1S/C16H14N4S/c1-10-14-15(19(2)18-10)20(16(21)17-14)13-8-7-11-5-3-4-6-12(11)9-13/h3-9H,1-2H3,(H,17,21). The van der Waals surface area contributed by atoms with Crippen LogP contribution in [0.4, 0.5) is 0 Å². The summed E-state index contributed by atoms with van der Waals surface area (Å²) in [5.74, 6) is 0. The first kappa shape index (κ1) is 12.3. The van der Waals surface area contributed by atoms with E-state index in [2.05, 4.69) is 40.4 Å². The number of imidazole rings is 1. The van der Waals surface area contributed by atoms with Crippen LogP contribution in [0.2, 0.25) is 0 Å². The second kappa shape index (κ2) is 4.30. The number of benzene rings is 2. The molecule has 0 aliphatic heterocycles. The van der Waals surface area contributed by atoms with Gasteiger partial charge in [-0.2, -0.15) is 5.10 Å². The molecule has 0 bridgehead atoms. The molecule has 4 rings (SSSR count). The molecule has 0 aliphatic rings. The Balaban J connectivity index is 2.08. The predicted molar refractivity (Wildman–Crippen MR) is 87.5 cm³/mol. The summed E-state index contributed by atoms with van der Waals surface area (Å²) in [4.78, 5) is 3.26. The van der Waals surface area contributed by atoms with E-state index in [0.717, 1.165) is 22.5 Å². The number of nitrogens with zero attached hydrogens (tertiary/aromatic N) is 3. The van der Waals surface area contributed by atoms with Gasteiger partial charge in [-0.1, -0.05) is 30.3 Å². The van der Waals surface area contributed by atoms with Gasteiger partial charge >= 0.3 is 0 Å². The van der Waals surface area contributed by atoms with Crippen molar-refractivity contribution in [2.75, 3.05) is 0 Å². The quantitative estimate of drug-likeness (QED) is 0.541. The van der Waals surface area contributed by atoms with Crippen LogP contribution in [0.15, 0.2) is 42.5 Å². The molecule has 0 unspecified atom stereocenters. The van der Waals surface area contributed by atoms with Crippen LogP contribution in [-0.4, -0.2) is 19.3 Å². The average Bonchev–Trinajstić information content (AvgIpc) is 2.96. The number of hydrogen-bond acceptors (Lipinski definition) is 2. The van der Waals surface area contributed by atoms with Crippen LogP contribution < -0.4 is 0 Å². The second-order valence-electron chi connectivity index (χ2n) is 5.20. The molecule has 5 heteroatoms. The summed E-state index contributed by atoms with van der Waals surface area (Å²) in [6.45, 7) is 1.98. The zero-order valence-corrected chi connectivity index (χ0v) is 12.6. The summed E-state index contributed by atoms with van der Waals surface area (Å²) in [6, 6.07) is 14.7. The van der Waals surface area contributed by atoms with Gasteiger partial charge in [-0.3, -0.25) is 4.57 Å². The van der Waals surface area contributed by atoms with Crippen molar-refractivity contribution >= 4 is 34.2 Å². The van der Waals surface area contributed by atoms with Crippen LogP contribution in [-0.2, 0) is 7.05 Å². The fourth-order valence-corrected chi connectivity index (χ4v) is 3.16. The van der Waals surface area contributed by atoms with Gasteiger partial charge in [-0.25, -0.2) is 4.68 Å². The number of hydrogen-bond donors (Lipinski definition) is 1. The van der Waals surface area contributed by atoms with Crippen LogP contribution in [0, 0.1) is 11.7 Å². The number of aryl methyl sites for hydroxylation is 2. The van der Waals surface area contributed by atoms with E-state index in [1.807, 2.05) is 35.4 Å². The SMILES string of the molecule is Cc1nn(C)c2c1[nH]c(=S)n2-c1ccc2ccccc2c1. The minimum absolute atomic E-state index is 0.691. The van der Waals surface area contributed by atoms with Crippen LogP contribution in [0.5, 0.6) is 0 Å². The fourth-order valence-electron chi connectivity index (χ4n) is 2.86. The van der Waals surface area contributed by atoms with Crippen molar-refractivity contribution < 1.29 is 0 Å². The number of aromatic amines is 1. The minimum Gasteiger partial charge on any atom is -0.327 e. The topological polar surface area (TPSA) is 38.5 Å². The number of rotatable bonds is 1. The molecule has 0 saturated heterocycles. The van der Waals surface area contributed by atoms with Crippen molar-refractivity contribution in [2.24, 2.45) is 7.05 Å². The molecule has 2 aromatic carbocycles. The van der Waals surface area contributed by atoms with Crippen molar-refractivity contribution in [3.8, 4) is 5.69 Å². The Kier molecular flexibility index (Phi) is 2.53. The van der Waals surface area contributed by atoms with Crippen molar-refractivity contribution in [3.05, 3.63) is 52.9 Å². The Morgan fingerprint density at radius 2 is 1.86 bits per heavy atom. The second-order valence-corrected chi connectivity index (χ2v) is 5.59. The maximum absolute atomic E-state index is 5.50. The summed E-state index contributed by atoms with van der Waals surface area (Å²) >= 11 is 5.50. The van der Waals surface area contributed by atoms with Gasteiger partial charge in [0, 0.05) is 7.05 Å². The highest BCUT2D eigenvalue weighted by Crippen LogP contribution is 2.24. The molecule has 0 aliphatic carbocycles. The fraction of sp³-hybridized carbons (Fsp3) is 0.125. The molecule has 1 N–H and O–H groups in total. The highest BCUT2D eigenvalue weighted by Gasteiger charge is 2.14. The van der Waals surface area contributed by atoms with Gasteiger partial charge < -0.3 is 4.98 Å². The van der Waals surface area contributed by atoms with Gasteiger partial charge in [-0.05, 0) is 42.0 Å². The lowest BCUT2D eigenvalue weighted by Crippen LogP contribution is -2.00. The summed E-state index contributed by atoms with van der Waals surface area (Å²) in [7, 11) is 1.94. The molecule has 21 heavy (non-hydrogen) atoms. The Bertz CT molecular complexity index is 1040. The molecule has 2 heterocycles. The van der Waals surface area contributed by atoms with Gasteiger partial charge in [0.05, 0.1) is 11.4 Å². The van der Waals surface area contributed by atoms with Crippen molar-refractivity contribution in [1.29, 1.82) is 0 Å². The summed E-state index contributed by atoms with van der Waals surface area (Å²) in [5.41, 5.74) is 3.99. The third kappa shape index (κ3) is 1.74. The van der Waals surface area contributed by atoms with Crippen LogP contribution in [0.3, 0.4) is 0 Å². The molecule has 4 aromatic rings. The first-order valence-electron chi connectivity index (χ1n) is 6.78. The first-order valence-corrected chi connectivity index (χ1v) is 7.19. The lowest BCUT2D eigenvalue weighted by atomic mass is 10.1. The molecular weight excluding hydrogens is 280 g/mol. The third-order valence-corrected chi connectivity index (χ3v) is 4.11. The minimum atomic E-state index is 0.691. The highest BCUT2D eigenvalue weighted by molar-refractivity contribution is 7.71. The van der Waals surface area contributed by atoms with Crippen molar-refractivity contribution in [2.45, 2.75) is 6.92 Å². The molecule has 0 amide bonds. The maximum atomic E-state index is 5.50. The molecule has 0 fully saturated rings. The molecule has 104 valence electrons. The first-order chi connectivity index (χ1) is 10.1. The summed E-state index contributed by atoms with van der Waals surface area (Å²) < 4.78 is 4.60. The maximum Gasteiger partial charge on any atom is 0.184 e. The largest absolute Gasteiger partial charge is 0.327 e. The van der Waals surface area contributed by atoms with Crippen LogP contribution in [0.25, 0.3) is 27.6 Å². The lowest BCUT2D eigenvalue weighted by molar-refractivity contribution is 0.759. The number of fused-ring (bicyclic) bond motifs is 2. The number of nitrogens with one attached hydrogen (secondary N) is 1. The molecule has 0 radical (unpaired) electrons. The Hall–Kier alpha value is -2.40. The van der Waals surface area contributed by atoms with Crippen LogP contribution >= 0.6 is 12.2 Å². The molecule has 4 nitrogen and oxygen atoms in total. The monoisotopic (exact) mass is 294 g/mol. The van der Waals surface area contributed by atoms with Gasteiger partial charge in [0.2, 0.25) is 0 Å². The number of H-pyrrole nitrogens is 1. The summed E-state index contributed by atoms with van der Waals surface area (Å²) in [5, 5.41) is 6.88. The van der Waals surface area contributed by atoms with E-state index >= 15 is 0 Å². The van der Waals surface area contributed by atoms with Crippen LogP contribution in [0.1, 0.15) is 5.69 Å². The Labute approximate surface area is 126 Å². The summed E-state index contributed by atoms with van der Waals surface area (Å²) in [6.07, 6.45) is 0. The number of aromatic nitrogens is 4. The van der Waals surface area contributed by atoms with Crippen molar-refractivity contribution in [3.63, 3.8) is 0 Å². The van der Waals surface area contributed by atoms with E-state index in [1.54, 1.807) is 0 Å². The Morgan fingerprint density at radius 1 is 1.10 bits per heavy atom. The molecular formula is C16H14N4S. The van der Waals surface area contributed by atoms with E-state index in [4.69, 9.17) is 12.2 Å².